The van der Waals surface area contributed by atoms with Crippen molar-refractivity contribution in [1.29, 1.82) is 0 Å². The fraction of sp³-hybridized carbons (Fsp3) is 0.176. The predicted octanol–water partition coefficient (Wildman–Crippen LogP) is 2.65. The number of amidine groups is 1. The molecule has 0 saturated carbocycles. The number of carbonyl (C=O) groups is 1. The van der Waals surface area contributed by atoms with E-state index in [9.17, 15) is 17.6 Å². The van der Waals surface area contributed by atoms with Crippen LogP contribution >= 0.6 is 11.8 Å². The Morgan fingerprint density at radius 3 is 2.69 bits per heavy atom. The Kier molecular flexibility index (Phi) is 5.28. The molecule has 0 aromatic heterocycles. The van der Waals surface area contributed by atoms with E-state index in [1.54, 1.807) is 24.3 Å². The summed E-state index contributed by atoms with van der Waals surface area (Å²) in [5.41, 5.74) is 2.13. The molecule has 0 bridgehead atoms. The van der Waals surface area contributed by atoms with Gasteiger partial charge in [-0.1, -0.05) is 30.0 Å². The number of aryl methyl sites for hydroxylation is 1. The number of fused-ring (bicyclic) bond motifs is 1. The smallest absolute Gasteiger partial charge is 0.286 e. The molecule has 1 amide bonds. The van der Waals surface area contributed by atoms with Gasteiger partial charge < -0.3 is 10.6 Å². The van der Waals surface area contributed by atoms with Crippen molar-refractivity contribution < 1.29 is 17.6 Å². The average molecular weight is 393 g/mol. The number of hydrogen-bond donors (Lipinski definition) is 2. The minimum absolute atomic E-state index is 0.00367. The third kappa shape index (κ3) is 4.41. The van der Waals surface area contributed by atoms with Gasteiger partial charge in [0.2, 0.25) is 5.91 Å². The summed E-state index contributed by atoms with van der Waals surface area (Å²) >= 11 is 1.00. The van der Waals surface area contributed by atoms with Crippen LogP contribution in [0.25, 0.3) is 0 Å². The molecule has 3 rings (SSSR count). The first-order valence-corrected chi connectivity index (χ1v) is 10.1. The second-order valence-corrected chi connectivity index (χ2v) is 8.22. The van der Waals surface area contributed by atoms with Crippen molar-refractivity contribution in [3.8, 4) is 0 Å². The first kappa shape index (κ1) is 18.4. The largest absolute Gasteiger partial charge is 0.351 e. The van der Waals surface area contributed by atoms with Crippen LogP contribution in [0.15, 0.2) is 51.8 Å². The molecule has 0 saturated heterocycles. The maximum absolute atomic E-state index is 12.8. The van der Waals surface area contributed by atoms with Gasteiger partial charge in [0, 0.05) is 6.54 Å². The summed E-state index contributed by atoms with van der Waals surface area (Å²) in [6.45, 7) is 2.12. The quantitative estimate of drug-likeness (QED) is 0.834. The van der Waals surface area contributed by atoms with Gasteiger partial charge in [0.1, 0.15) is 10.7 Å². The molecule has 1 aliphatic rings. The fourth-order valence-electron chi connectivity index (χ4n) is 2.31. The Morgan fingerprint density at radius 1 is 1.23 bits per heavy atom. The van der Waals surface area contributed by atoms with E-state index in [1.165, 1.54) is 18.2 Å². The number of amides is 1. The topological polar surface area (TPSA) is 87.6 Å². The van der Waals surface area contributed by atoms with Crippen LogP contribution < -0.4 is 10.6 Å². The Labute approximate surface area is 155 Å². The Bertz CT molecular complexity index is 973. The predicted molar refractivity (Wildman–Crippen MR) is 100 cm³/mol. The van der Waals surface area contributed by atoms with Crippen LogP contribution in [0, 0.1) is 12.7 Å². The van der Waals surface area contributed by atoms with Gasteiger partial charge in [-0.3, -0.25) is 4.79 Å². The molecule has 2 aromatic carbocycles. The van der Waals surface area contributed by atoms with Crippen LogP contribution in [0.5, 0.6) is 0 Å². The van der Waals surface area contributed by atoms with Gasteiger partial charge in [-0.25, -0.2) is 4.39 Å². The number of anilines is 1. The average Bonchev–Trinajstić information content (AvgIpc) is 2.58. The zero-order chi connectivity index (χ0) is 18.7. The number of sulfonamides is 1. The van der Waals surface area contributed by atoms with Gasteiger partial charge in [-0.05, 0) is 42.3 Å². The molecule has 26 heavy (non-hydrogen) atoms. The van der Waals surface area contributed by atoms with Gasteiger partial charge in [0.05, 0.1) is 11.4 Å². The Hall–Kier alpha value is -2.39. The SMILES string of the molecule is Cc1ccc2c(c1)NC(SCC(=O)NCc1ccc(F)cc1)=NS2(=O)=O. The molecule has 0 fully saturated rings. The van der Waals surface area contributed by atoms with E-state index in [0.717, 1.165) is 22.9 Å². The zero-order valence-electron chi connectivity index (χ0n) is 13.8. The molecule has 1 aliphatic heterocycles. The number of halogens is 1. The van der Waals surface area contributed by atoms with Crippen LogP contribution in [0.2, 0.25) is 0 Å². The van der Waals surface area contributed by atoms with Crippen molar-refractivity contribution in [2.45, 2.75) is 18.4 Å². The highest BCUT2D eigenvalue weighted by atomic mass is 32.2. The number of benzene rings is 2. The van der Waals surface area contributed by atoms with E-state index in [4.69, 9.17) is 0 Å². The van der Waals surface area contributed by atoms with E-state index in [0.29, 0.717) is 5.69 Å². The fourth-order valence-corrected chi connectivity index (χ4v) is 4.36. The lowest BCUT2D eigenvalue weighted by molar-refractivity contribution is -0.118. The summed E-state index contributed by atoms with van der Waals surface area (Å²) in [7, 11) is -3.78. The maximum atomic E-state index is 12.8. The molecule has 6 nitrogen and oxygen atoms in total. The molecule has 136 valence electrons. The van der Waals surface area contributed by atoms with Gasteiger partial charge in [0.25, 0.3) is 10.0 Å². The number of thioether (sulfide) groups is 1. The van der Waals surface area contributed by atoms with Gasteiger partial charge in [-0.2, -0.15) is 8.42 Å². The summed E-state index contributed by atoms with van der Waals surface area (Å²) in [4.78, 5) is 12.1. The highest BCUT2D eigenvalue weighted by molar-refractivity contribution is 8.15. The summed E-state index contributed by atoms with van der Waals surface area (Å²) in [6.07, 6.45) is 0. The minimum atomic E-state index is -3.78. The number of nitrogens with zero attached hydrogens (tertiary/aromatic N) is 1. The minimum Gasteiger partial charge on any atom is -0.351 e. The number of carbonyl (C=O) groups excluding carboxylic acids is 1. The first-order valence-electron chi connectivity index (χ1n) is 7.70. The molecule has 0 spiro atoms. The van der Waals surface area contributed by atoms with E-state index in [-0.39, 0.29) is 34.1 Å². The normalized spacial score (nSPS) is 14.8. The maximum Gasteiger partial charge on any atom is 0.286 e. The number of rotatable bonds is 4. The lowest BCUT2D eigenvalue weighted by Gasteiger charge is -2.18. The van der Waals surface area contributed by atoms with Crippen molar-refractivity contribution >= 4 is 38.5 Å². The molecule has 0 atom stereocenters. The number of hydrogen-bond acceptors (Lipinski definition) is 5. The zero-order valence-corrected chi connectivity index (χ0v) is 15.5. The van der Waals surface area contributed by atoms with Crippen molar-refractivity contribution in [3.63, 3.8) is 0 Å². The Balaban J connectivity index is 1.58. The number of nitrogens with one attached hydrogen (secondary N) is 2. The molecular weight excluding hydrogens is 377 g/mol. The third-order valence-corrected chi connectivity index (χ3v) is 5.92. The molecule has 2 aromatic rings. The van der Waals surface area contributed by atoms with Crippen molar-refractivity contribution in [2.24, 2.45) is 4.40 Å². The second-order valence-electron chi connectivity index (χ2n) is 5.69. The third-order valence-electron chi connectivity index (χ3n) is 3.60. The standard InChI is InChI=1S/C17H16FN3O3S2/c1-11-2-7-15-14(8-11)20-17(21-26(15,23)24)25-10-16(22)19-9-12-3-5-13(18)6-4-12/h2-8H,9-10H2,1H3,(H,19,22)(H,20,21). The first-order chi connectivity index (χ1) is 12.3. The van der Waals surface area contributed by atoms with Crippen molar-refractivity contribution in [1.82, 2.24) is 5.32 Å². The van der Waals surface area contributed by atoms with Gasteiger partial charge in [-0.15, -0.1) is 4.40 Å². The molecule has 2 N–H and O–H groups in total. The van der Waals surface area contributed by atoms with E-state index in [2.05, 4.69) is 15.0 Å². The molecule has 0 radical (unpaired) electrons. The van der Waals surface area contributed by atoms with Crippen molar-refractivity contribution in [2.75, 3.05) is 11.1 Å². The van der Waals surface area contributed by atoms with Crippen molar-refractivity contribution in [3.05, 3.63) is 59.4 Å². The second kappa shape index (κ2) is 7.46. The highest BCUT2D eigenvalue weighted by Gasteiger charge is 2.25. The van der Waals surface area contributed by atoms with Crippen LogP contribution in [0.4, 0.5) is 10.1 Å². The van der Waals surface area contributed by atoms with Crippen LogP contribution in [-0.4, -0.2) is 25.2 Å². The molecule has 0 aliphatic carbocycles. The lowest BCUT2D eigenvalue weighted by Crippen LogP contribution is -2.27. The van der Waals surface area contributed by atoms with Gasteiger partial charge >= 0.3 is 0 Å². The molecule has 9 heteroatoms. The van der Waals surface area contributed by atoms with Crippen LogP contribution in [-0.2, 0) is 21.4 Å². The summed E-state index contributed by atoms with van der Waals surface area (Å²) < 4.78 is 41.0. The summed E-state index contributed by atoms with van der Waals surface area (Å²) in [5, 5.41) is 5.79. The van der Waals surface area contributed by atoms with Gasteiger partial charge in [0.15, 0.2) is 5.17 Å². The molecule has 0 unspecified atom stereocenters. The van der Waals surface area contributed by atoms with E-state index < -0.39 is 10.0 Å². The highest BCUT2D eigenvalue weighted by Crippen LogP contribution is 2.30. The van der Waals surface area contributed by atoms with E-state index >= 15 is 0 Å². The van der Waals surface area contributed by atoms with E-state index in [1.807, 2.05) is 6.92 Å². The monoisotopic (exact) mass is 393 g/mol. The lowest BCUT2D eigenvalue weighted by atomic mass is 10.2. The Morgan fingerprint density at radius 2 is 1.96 bits per heavy atom. The van der Waals surface area contributed by atoms with Crippen LogP contribution in [0.1, 0.15) is 11.1 Å². The summed E-state index contributed by atoms with van der Waals surface area (Å²) in [5.74, 6) is -0.617. The molecular formula is C17H16FN3O3S2. The molecule has 1 heterocycles. The summed E-state index contributed by atoms with van der Waals surface area (Å²) in [6, 6.07) is 10.7. The van der Waals surface area contributed by atoms with Crippen LogP contribution in [0.3, 0.4) is 0 Å².